The minimum atomic E-state index is -3.52. The van der Waals surface area contributed by atoms with Crippen molar-refractivity contribution in [1.82, 2.24) is 0 Å². The average Bonchev–Trinajstić information content (AvgIpc) is 2.41. The van der Waals surface area contributed by atoms with Gasteiger partial charge < -0.3 is 5.32 Å². The molecule has 0 aliphatic heterocycles. The maximum absolute atomic E-state index is 12.1. The summed E-state index contributed by atoms with van der Waals surface area (Å²) in [6.45, 7) is 4.10. The van der Waals surface area contributed by atoms with Crippen LogP contribution in [0.1, 0.15) is 13.8 Å². The van der Waals surface area contributed by atoms with E-state index in [9.17, 15) is 8.42 Å². The summed E-state index contributed by atoms with van der Waals surface area (Å²) in [5.74, 6) is 0. The van der Waals surface area contributed by atoms with Crippen LogP contribution in [0.25, 0.3) is 0 Å². The van der Waals surface area contributed by atoms with Crippen molar-refractivity contribution in [1.29, 1.82) is 0 Å². The zero-order chi connectivity index (χ0) is 14.6. The molecule has 0 saturated heterocycles. The fourth-order valence-electron chi connectivity index (χ4n) is 1.78. The Balaban J connectivity index is 2.14. The SMILES string of the molecule is CC(C)Nc1ccc(NS(=O)(=O)c2ccccc2)cc1. The lowest BCUT2D eigenvalue weighted by atomic mass is 10.2. The zero-order valence-electron chi connectivity index (χ0n) is 11.5. The van der Waals surface area contributed by atoms with Gasteiger partial charge in [-0.1, -0.05) is 18.2 Å². The second-order valence-corrected chi connectivity index (χ2v) is 6.48. The van der Waals surface area contributed by atoms with Gasteiger partial charge in [0.15, 0.2) is 0 Å². The molecule has 0 aliphatic carbocycles. The van der Waals surface area contributed by atoms with Crippen LogP contribution < -0.4 is 10.0 Å². The first-order valence-corrected chi connectivity index (χ1v) is 7.90. The van der Waals surface area contributed by atoms with Crippen LogP contribution in [0.2, 0.25) is 0 Å². The largest absolute Gasteiger partial charge is 0.383 e. The van der Waals surface area contributed by atoms with Crippen LogP contribution in [-0.4, -0.2) is 14.5 Å². The van der Waals surface area contributed by atoms with Crippen LogP contribution >= 0.6 is 0 Å². The molecule has 20 heavy (non-hydrogen) atoms. The van der Waals surface area contributed by atoms with Crippen molar-refractivity contribution in [3.05, 3.63) is 54.6 Å². The van der Waals surface area contributed by atoms with Crippen LogP contribution in [0.15, 0.2) is 59.5 Å². The molecule has 106 valence electrons. The summed E-state index contributed by atoms with van der Waals surface area (Å²) in [7, 11) is -3.52. The van der Waals surface area contributed by atoms with E-state index in [2.05, 4.69) is 10.0 Å². The fourth-order valence-corrected chi connectivity index (χ4v) is 2.86. The normalized spacial score (nSPS) is 11.3. The Morgan fingerprint density at radius 2 is 1.40 bits per heavy atom. The Kier molecular flexibility index (Phi) is 4.29. The highest BCUT2D eigenvalue weighted by atomic mass is 32.2. The van der Waals surface area contributed by atoms with Gasteiger partial charge in [-0.2, -0.15) is 0 Å². The third-order valence-electron chi connectivity index (χ3n) is 2.65. The van der Waals surface area contributed by atoms with E-state index in [4.69, 9.17) is 0 Å². The predicted molar refractivity (Wildman–Crippen MR) is 82.5 cm³/mol. The third kappa shape index (κ3) is 3.74. The molecular weight excluding hydrogens is 272 g/mol. The molecule has 0 unspecified atom stereocenters. The third-order valence-corrected chi connectivity index (χ3v) is 4.04. The molecular formula is C15H18N2O2S. The molecule has 0 atom stereocenters. The smallest absolute Gasteiger partial charge is 0.261 e. The van der Waals surface area contributed by atoms with Gasteiger partial charge in [0, 0.05) is 17.4 Å². The van der Waals surface area contributed by atoms with Crippen molar-refractivity contribution in [3.8, 4) is 0 Å². The summed E-state index contributed by atoms with van der Waals surface area (Å²) in [5, 5.41) is 3.25. The lowest BCUT2D eigenvalue weighted by molar-refractivity contribution is 0.601. The van der Waals surface area contributed by atoms with E-state index < -0.39 is 10.0 Å². The molecule has 5 heteroatoms. The van der Waals surface area contributed by atoms with Crippen molar-refractivity contribution < 1.29 is 8.42 Å². The minimum absolute atomic E-state index is 0.254. The fraction of sp³-hybridized carbons (Fsp3) is 0.200. The standard InChI is InChI=1S/C15H18N2O2S/c1-12(2)16-13-8-10-14(11-9-13)17-20(18,19)15-6-4-3-5-7-15/h3-12,16-17H,1-2H3. The van der Waals surface area contributed by atoms with E-state index in [0.717, 1.165) is 5.69 Å². The van der Waals surface area contributed by atoms with Gasteiger partial charge in [0.1, 0.15) is 0 Å². The topological polar surface area (TPSA) is 58.2 Å². The van der Waals surface area contributed by atoms with E-state index in [1.54, 1.807) is 42.5 Å². The van der Waals surface area contributed by atoms with Crippen LogP contribution in [-0.2, 0) is 10.0 Å². The molecule has 0 fully saturated rings. The van der Waals surface area contributed by atoms with E-state index >= 15 is 0 Å². The molecule has 0 amide bonds. The molecule has 0 radical (unpaired) electrons. The molecule has 4 nitrogen and oxygen atoms in total. The Hall–Kier alpha value is -2.01. The van der Waals surface area contributed by atoms with Crippen LogP contribution in [0, 0.1) is 0 Å². The van der Waals surface area contributed by atoms with Crippen LogP contribution in [0.3, 0.4) is 0 Å². The highest BCUT2D eigenvalue weighted by Gasteiger charge is 2.13. The summed E-state index contributed by atoms with van der Waals surface area (Å²) in [6.07, 6.45) is 0. The van der Waals surface area contributed by atoms with Gasteiger partial charge >= 0.3 is 0 Å². The number of rotatable bonds is 5. The van der Waals surface area contributed by atoms with Gasteiger partial charge in [0.25, 0.3) is 10.0 Å². The Labute approximate surface area is 119 Å². The van der Waals surface area contributed by atoms with Crippen molar-refractivity contribution in [2.75, 3.05) is 10.0 Å². The lowest BCUT2D eigenvalue weighted by Crippen LogP contribution is -2.13. The van der Waals surface area contributed by atoms with Crippen molar-refractivity contribution >= 4 is 21.4 Å². The monoisotopic (exact) mass is 290 g/mol. The van der Waals surface area contributed by atoms with E-state index in [1.807, 2.05) is 26.0 Å². The molecule has 2 N–H and O–H groups in total. The quantitative estimate of drug-likeness (QED) is 0.888. The number of hydrogen-bond donors (Lipinski definition) is 2. The van der Waals surface area contributed by atoms with Gasteiger partial charge in [-0.15, -0.1) is 0 Å². The van der Waals surface area contributed by atoms with E-state index in [0.29, 0.717) is 11.7 Å². The van der Waals surface area contributed by atoms with Gasteiger partial charge in [-0.05, 0) is 50.2 Å². The number of anilines is 2. The van der Waals surface area contributed by atoms with Crippen LogP contribution in [0.4, 0.5) is 11.4 Å². The lowest BCUT2D eigenvalue weighted by Gasteiger charge is -2.11. The van der Waals surface area contributed by atoms with Gasteiger partial charge in [0.2, 0.25) is 0 Å². The summed E-state index contributed by atoms with van der Waals surface area (Å²) in [6, 6.07) is 15.8. The highest BCUT2D eigenvalue weighted by molar-refractivity contribution is 7.92. The Morgan fingerprint density at radius 3 is 1.95 bits per heavy atom. The first-order chi connectivity index (χ1) is 9.47. The second-order valence-electron chi connectivity index (χ2n) is 4.79. The van der Waals surface area contributed by atoms with E-state index in [1.165, 1.54) is 0 Å². The molecule has 0 spiro atoms. The van der Waals surface area contributed by atoms with Gasteiger partial charge in [-0.3, -0.25) is 4.72 Å². The number of hydrogen-bond acceptors (Lipinski definition) is 3. The molecule has 0 aliphatic rings. The molecule has 0 aromatic heterocycles. The summed E-state index contributed by atoms with van der Waals surface area (Å²) < 4.78 is 26.8. The van der Waals surface area contributed by atoms with E-state index in [-0.39, 0.29) is 4.90 Å². The molecule has 0 bridgehead atoms. The molecule has 2 aromatic rings. The van der Waals surface area contributed by atoms with Gasteiger partial charge in [-0.25, -0.2) is 8.42 Å². The Morgan fingerprint density at radius 1 is 0.850 bits per heavy atom. The number of sulfonamides is 1. The maximum Gasteiger partial charge on any atom is 0.261 e. The average molecular weight is 290 g/mol. The molecule has 2 aromatic carbocycles. The van der Waals surface area contributed by atoms with Crippen LogP contribution in [0.5, 0.6) is 0 Å². The van der Waals surface area contributed by atoms with Crippen molar-refractivity contribution in [3.63, 3.8) is 0 Å². The van der Waals surface area contributed by atoms with Crippen molar-refractivity contribution in [2.45, 2.75) is 24.8 Å². The first-order valence-electron chi connectivity index (χ1n) is 6.42. The van der Waals surface area contributed by atoms with Crippen molar-refractivity contribution in [2.24, 2.45) is 0 Å². The number of nitrogens with one attached hydrogen (secondary N) is 2. The highest BCUT2D eigenvalue weighted by Crippen LogP contribution is 2.18. The maximum atomic E-state index is 12.1. The Bertz CT molecular complexity index is 650. The molecule has 2 rings (SSSR count). The predicted octanol–water partition coefficient (Wildman–Crippen LogP) is 3.31. The molecule has 0 saturated carbocycles. The minimum Gasteiger partial charge on any atom is -0.383 e. The summed E-state index contributed by atoms with van der Waals surface area (Å²) >= 11 is 0. The second kappa shape index (κ2) is 5.96. The first kappa shape index (κ1) is 14.4. The van der Waals surface area contributed by atoms with Gasteiger partial charge in [0.05, 0.1) is 4.90 Å². The number of benzene rings is 2. The summed E-state index contributed by atoms with van der Waals surface area (Å²) in [4.78, 5) is 0.254. The zero-order valence-corrected chi connectivity index (χ0v) is 12.3. The molecule has 0 heterocycles. The summed E-state index contributed by atoms with van der Waals surface area (Å²) in [5.41, 5.74) is 1.51.